The summed E-state index contributed by atoms with van der Waals surface area (Å²) in [5.41, 5.74) is 2.10. The third kappa shape index (κ3) is 4.05. The Morgan fingerprint density at radius 1 is 0.879 bits per heavy atom. The number of nitrogens with one attached hydrogen (secondary N) is 1. The Balaban J connectivity index is 1.58. The zero-order chi connectivity index (χ0) is 23.5. The Bertz CT molecular complexity index is 1390. The van der Waals surface area contributed by atoms with Crippen LogP contribution in [0.4, 0.5) is 5.69 Å². The van der Waals surface area contributed by atoms with Gasteiger partial charge in [-0.25, -0.2) is 4.79 Å². The maximum Gasteiger partial charge on any atom is 0.337 e. The van der Waals surface area contributed by atoms with Crippen LogP contribution >= 0.6 is 0 Å². The highest BCUT2D eigenvalue weighted by Crippen LogP contribution is 2.29. The van der Waals surface area contributed by atoms with Gasteiger partial charge in [-0.15, -0.1) is 0 Å². The highest BCUT2D eigenvalue weighted by atomic mass is 16.5. The molecule has 3 aromatic rings. The predicted octanol–water partition coefficient (Wildman–Crippen LogP) is 3.79. The minimum atomic E-state index is -0.676. The summed E-state index contributed by atoms with van der Waals surface area (Å²) >= 11 is 0. The Hall–Kier alpha value is -4.83. The van der Waals surface area contributed by atoms with E-state index in [1.165, 1.54) is 43.5 Å². The molecule has 1 amide bonds. The molecular weight excluding hydrogens is 420 g/mol. The molecule has 3 aromatic carbocycles. The Morgan fingerprint density at radius 3 is 2.09 bits per heavy atom. The van der Waals surface area contributed by atoms with Crippen molar-refractivity contribution in [3.63, 3.8) is 0 Å². The summed E-state index contributed by atoms with van der Waals surface area (Å²) in [6.45, 7) is 0. The van der Waals surface area contributed by atoms with Crippen LogP contribution in [0.5, 0.6) is 0 Å². The van der Waals surface area contributed by atoms with E-state index in [0.717, 1.165) is 0 Å². The molecule has 0 aliphatic heterocycles. The minimum absolute atomic E-state index is 0.175. The van der Waals surface area contributed by atoms with Gasteiger partial charge in [0.1, 0.15) is 11.6 Å². The molecule has 0 fully saturated rings. The molecule has 1 N–H and O–H groups in total. The number of nitriles is 1. The van der Waals surface area contributed by atoms with Gasteiger partial charge in [0, 0.05) is 27.9 Å². The van der Waals surface area contributed by atoms with Crippen molar-refractivity contribution in [1.29, 1.82) is 5.26 Å². The van der Waals surface area contributed by atoms with Crippen molar-refractivity contribution in [2.45, 2.75) is 0 Å². The number of carbonyl (C=O) groups is 4. The zero-order valence-electron chi connectivity index (χ0n) is 17.4. The summed E-state index contributed by atoms with van der Waals surface area (Å²) < 4.78 is 4.64. The van der Waals surface area contributed by atoms with Crippen LogP contribution in [0.3, 0.4) is 0 Å². The molecule has 0 saturated heterocycles. The molecule has 7 nitrogen and oxygen atoms in total. The molecule has 0 spiro atoms. The summed E-state index contributed by atoms with van der Waals surface area (Å²) in [5, 5.41) is 12.0. The maximum absolute atomic E-state index is 12.9. The Labute approximate surface area is 188 Å². The first-order valence-electron chi connectivity index (χ1n) is 9.87. The van der Waals surface area contributed by atoms with Gasteiger partial charge in [0.2, 0.25) is 0 Å². The molecule has 7 heteroatoms. The minimum Gasteiger partial charge on any atom is -0.465 e. The highest BCUT2D eigenvalue weighted by molar-refractivity contribution is 6.28. The van der Waals surface area contributed by atoms with Crippen LogP contribution < -0.4 is 5.32 Å². The number of amides is 1. The molecule has 0 unspecified atom stereocenters. The number of ether oxygens (including phenoxy) is 1. The van der Waals surface area contributed by atoms with Gasteiger partial charge in [-0.05, 0) is 42.0 Å². The van der Waals surface area contributed by atoms with Crippen molar-refractivity contribution in [2.75, 3.05) is 12.4 Å². The molecule has 0 bridgehead atoms. The van der Waals surface area contributed by atoms with Gasteiger partial charge in [0.25, 0.3) is 5.91 Å². The number of rotatable bonds is 4. The topological polar surface area (TPSA) is 113 Å². The fraction of sp³-hybridized carbons (Fsp3) is 0.0385. The number of carbonyl (C=O) groups excluding carboxylic acids is 4. The van der Waals surface area contributed by atoms with Gasteiger partial charge in [0.15, 0.2) is 11.6 Å². The van der Waals surface area contributed by atoms with E-state index in [0.29, 0.717) is 22.3 Å². The second-order valence-electron chi connectivity index (χ2n) is 7.20. The first-order valence-corrected chi connectivity index (χ1v) is 9.87. The quantitative estimate of drug-likeness (QED) is 0.296. The smallest absolute Gasteiger partial charge is 0.337 e. The zero-order valence-corrected chi connectivity index (χ0v) is 17.4. The second kappa shape index (κ2) is 8.73. The van der Waals surface area contributed by atoms with E-state index in [1.54, 1.807) is 36.4 Å². The number of ketones is 2. The third-order valence-corrected chi connectivity index (χ3v) is 5.19. The summed E-state index contributed by atoms with van der Waals surface area (Å²) in [6.07, 6.45) is 1.37. The second-order valence-corrected chi connectivity index (χ2v) is 7.20. The van der Waals surface area contributed by atoms with Crippen LogP contribution in [0, 0.1) is 11.3 Å². The van der Waals surface area contributed by atoms with Crippen molar-refractivity contribution < 1.29 is 23.9 Å². The molecule has 160 valence electrons. The molecule has 0 saturated carbocycles. The molecular formula is C26H16N2O5. The van der Waals surface area contributed by atoms with Crippen molar-refractivity contribution in [3.05, 3.63) is 106 Å². The van der Waals surface area contributed by atoms with E-state index in [-0.39, 0.29) is 34.0 Å². The summed E-state index contributed by atoms with van der Waals surface area (Å²) in [6, 6.07) is 19.1. The van der Waals surface area contributed by atoms with Crippen LogP contribution in [-0.2, 0) is 9.53 Å². The van der Waals surface area contributed by atoms with Crippen molar-refractivity contribution >= 4 is 35.2 Å². The van der Waals surface area contributed by atoms with Gasteiger partial charge in [-0.1, -0.05) is 36.4 Å². The molecule has 33 heavy (non-hydrogen) atoms. The van der Waals surface area contributed by atoms with Gasteiger partial charge < -0.3 is 10.1 Å². The molecule has 0 atom stereocenters. The predicted molar refractivity (Wildman–Crippen MR) is 120 cm³/mol. The van der Waals surface area contributed by atoms with Gasteiger partial charge in [-0.2, -0.15) is 5.26 Å². The fourth-order valence-corrected chi connectivity index (χ4v) is 3.52. The van der Waals surface area contributed by atoms with Gasteiger partial charge in [-0.3, -0.25) is 14.4 Å². The largest absolute Gasteiger partial charge is 0.465 e. The molecule has 1 aliphatic carbocycles. The van der Waals surface area contributed by atoms with Crippen molar-refractivity contribution in [3.8, 4) is 6.07 Å². The fourth-order valence-electron chi connectivity index (χ4n) is 3.52. The number of nitrogens with zero attached hydrogens (tertiary/aromatic N) is 1. The molecule has 0 aromatic heterocycles. The number of methoxy groups -OCH3 is 1. The lowest BCUT2D eigenvalue weighted by Crippen LogP contribution is -2.21. The normalized spacial score (nSPS) is 12.3. The number of fused-ring (bicyclic) bond motifs is 2. The van der Waals surface area contributed by atoms with Crippen LogP contribution in [0.2, 0.25) is 0 Å². The SMILES string of the molecule is COC(=O)c1ccc(C=C(C#N)C(=O)Nc2ccc3c(c2)C(=O)c2ccccc2C3=O)cc1. The van der Waals surface area contributed by atoms with Crippen molar-refractivity contribution in [1.82, 2.24) is 0 Å². The van der Waals surface area contributed by atoms with Crippen LogP contribution in [0.15, 0.2) is 72.3 Å². The number of hydrogen-bond acceptors (Lipinski definition) is 6. The maximum atomic E-state index is 12.9. The van der Waals surface area contributed by atoms with E-state index >= 15 is 0 Å². The molecule has 4 rings (SSSR count). The van der Waals surface area contributed by atoms with E-state index < -0.39 is 11.9 Å². The summed E-state index contributed by atoms with van der Waals surface area (Å²) in [7, 11) is 1.28. The van der Waals surface area contributed by atoms with E-state index in [9.17, 15) is 24.4 Å². The first-order chi connectivity index (χ1) is 15.9. The van der Waals surface area contributed by atoms with Gasteiger partial charge >= 0.3 is 5.97 Å². The standard InChI is InChI=1S/C26H16N2O5/c1-33-26(32)16-8-6-15(7-9-16)12-17(14-27)25(31)28-18-10-11-21-22(13-18)24(30)20-5-3-2-4-19(20)23(21)29/h2-13H,1H3,(H,28,31). The average molecular weight is 436 g/mol. The number of hydrogen-bond donors (Lipinski definition) is 1. The Morgan fingerprint density at radius 2 is 1.48 bits per heavy atom. The highest BCUT2D eigenvalue weighted by Gasteiger charge is 2.29. The number of anilines is 1. The third-order valence-electron chi connectivity index (χ3n) is 5.19. The van der Waals surface area contributed by atoms with E-state index in [2.05, 4.69) is 10.1 Å². The average Bonchev–Trinajstić information content (AvgIpc) is 2.85. The van der Waals surface area contributed by atoms with Crippen LogP contribution in [-0.4, -0.2) is 30.6 Å². The molecule has 0 heterocycles. The lowest BCUT2D eigenvalue weighted by molar-refractivity contribution is -0.112. The molecule has 0 radical (unpaired) electrons. The monoisotopic (exact) mass is 436 g/mol. The van der Waals surface area contributed by atoms with Crippen LogP contribution in [0.1, 0.15) is 47.8 Å². The summed E-state index contributed by atoms with van der Waals surface area (Å²) in [5.74, 6) is -1.74. The van der Waals surface area contributed by atoms with Crippen molar-refractivity contribution in [2.24, 2.45) is 0 Å². The van der Waals surface area contributed by atoms with Gasteiger partial charge in [0.05, 0.1) is 12.7 Å². The molecule has 1 aliphatic rings. The van der Waals surface area contributed by atoms with E-state index in [4.69, 9.17) is 0 Å². The van der Waals surface area contributed by atoms with E-state index in [1.807, 2.05) is 6.07 Å². The number of esters is 1. The van der Waals surface area contributed by atoms with Crippen LogP contribution in [0.25, 0.3) is 6.08 Å². The first kappa shape index (κ1) is 21.4. The summed E-state index contributed by atoms with van der Waals surface area (Å²) in [4.78, 5) is 49.8. The lowest BCUT2D eigenvalue weighted by atomic mass is 9.84. The number of benzene rings is 3. The lowest BCUT2D eigenvalue weighted by Gasteiger charge is -2.18. The Kier molecular flexibility index (Phi) is 5.66.